The van der Waals surface area contributed by atoms with Crippen LogP contribution in [-0.2, 0) is 21.2 Å². The standard InChI is InChI=1S/C14H20N2O3S/c1-2-15-14(17)10-5-11-3-8-13(9-4-11)20(18,19)16-12-6-7-12/h3-4,8-9,12,16H,2,5-7,10H2,1H3,(H,15,17). The van der Waals surface area contributed by atoms with Gasteiger partial charge in [-0.15, -0.1) is 0 Å². The van der Waals surface area contributed by atoms with Gasteiger partial charge < -0.3 is 5.32 Å². The summed E-state index contributed by atoms with van der Waals surface area (Å²) in [4.78, 5) is 11.6. The Balaban J connectivity index is 1.93. The second-order valence-corrected chi connectivity index (χ2v) is 6.71. The molecule has 0 saturated heterocycles. The fourth-order valence-corrected chi connectivity index (χ4v) is 3.17. The highest BCUT2D eigenvalue weighted by Crippen LogP contribution is 2.22. The van der Waals surface area contributed by atoms with Gasteiger partial charge in [-0.3, -0.25) is 4.79 Å². The van der Waals surface area contributed by atoms with E-state index in [-0.39, 0.29) is 16.8 Å². The van der Waals surface area contributed by atoms with Gasteiger partial charge in [-0.25, -0.2) is 13.1 Å². The van der Waals surface area contributed by atoms with E-state index in [4.69, 9.17) is 0 Å². The summed E-state index contributed by atoms with van der Waals surface area (Å²) in [6, 6.07) is 6.83. The Bertz CT molecular complexity index is 563. The Morgan fingerprint density at radius 3 is 2.45 bits per heavy atom. The number of rotatable bonds is 7. The molecule has 1 amide bonds. The number of nitrogens with one attached hydrogen (secondary N) is 2. The lowest BCUT2D eigenvalue weighted by Crippen LogP contribution is -2.25. The molecule has 0 aromatic heterocycles. The Labute approximate surface area is 119 Å². The smallest absolute Gasteiger partial charge is 0.240 e. The molecular formula is C14H20N2O3S. The van der Waals surface area contributed by atoms with Crippen LogP contribution in [0.1, 0.15) is 31.7 Å². The van der Waals surface area contributed by atoms with Crippen molar-refractivity contribution in [2.24, 2.45) is 0 Å². The topological polar surface area (TPSA) is 75.3 Å². The first-order chi connectivity index (χ1) is 9.51. The third-order valence-electron chi connectivity index (χ3n) is 3.15. The Morgan fingerprint density at radius 2 is 1.90 bits per heavy atom. The third kappa shape index (κ3) is 4.31. The number of aryl methyl sites for hydroxylation is 1. The summed E-state index contributed by atoms with van der Waals surface area (Å²) in [5.41, 5.74) is 0.960. The van der Waals surface area contributed by atoms with E-state index >= 15 is 0 Å². The van der Waals surface area contributed by atoms with E-state index in [1.165, 1.54) is 0 Å². The molecule has 20 heavy (non-hydrogen) atoms. The average Bonchev–Trinajstić information content (AvgIpc) is 3.20. The van der Waals surface area contributed by atoms with Crippen LogP contribution in [0, 0.1) is 0 Å². The van der Waals surface area contributed by atoms with Crippen molar-refractivity contribution in [1.29, 1.82) is 0 Å². The molecule has 0 unspecified atom stereocenters. The quantitative estimate of drug-likeness (QED) is 0.794. The molecule has 5 nitrogen and oxygen atoms in total. The lowest BCUT2D eigenvalue weighted by atomic mass is 10.1. The van der Waals surface area contributed by atoms with Gasteiger partial charge >= 0.3 is 0 Å². The zero-order valence-electron chi connectivity index (χ0n) is 11.6. The number of benzene rings is 1. The molecule has 1 aromatic rings. The van der Waals surface area contributed by atoms with Crippen LogP contribution in [0.4, 0.5) is 0 Å². The molecule has 1 fully saturated rings. The summed E-state index contributed by atoms with van der Waals surface area (Å²) in [6.45, 7) is 2.51. The molecular weight excluding hydrogens is 276 g/mol. The highest BCUT2D eigenvalue weighted by molar-refractivity contribution is 7.89. The van der Waals surface area contributed by atoms with E-state index in [0.717, 1.165) is 18.4 Å². The van der Waals surface area contributed by atoms with Gasteiger partial charge in [0.05, 0.1) is 4.90 Å². The second-order valence-electron chi connectivity index (χ2n) is 4.99. The number of carbonyl (C=O) groups excluding carboxylic acids is 1. The fourth-order valence-electron chi connectivity index (χ4n) is 1.87. The molecule has 0 spiro atoms. The van der Waals surface area contributed by atoms with Gasteiger partial charge in [0.1, 0.15) is 0 Å². The third-order valence-corrected chi connectivity index (χ3v) is 4.68. The monoisotopic (exact) mass is 296 g/mol. The Kier molecular flexibility index (Phi) is 4.77. The first-order valence-corrected chi connectivity index (χ1v) is 8.37. The maximum Gasteiger partial charge on any atom is 0.240 e. The number of sulfonamides is 1. The molecule has 1 aliphatic rings. The van der Waals surface area contributed by atoms with E-state index in [0.29, 0.717) is 19.4 Å². The second kappa shape index (κ2) is 6.37. The first-order valence-electron chi connectivity index (χ1n) is 6.89. The van der Waals surface area contributed by atoms with E-state index in [9.17, 15) is 13.2 Å². The molecule has 110 valence electrons. The van der Waals surface area contributed by atoms with Crippen molar-refractivity contribution >= 4 is 15.9 Å². The van der Waals surface area contributed by atoms with Crippen molar-refractivity contribution in [2.45, 2.75) is 43.5 Å². The van der Waals surface area contributed by atoms with Crippen LogP contribution in [0.5, 0.6) is 0 Å². The van der Waals surface area contributed by atoms with Crippen LogP contribution in [0.25, 0.3) is 0 Å². The Hall–Kier alpha value is -1.40. The predicted molar refractivity (Wildman–Crippen MR) is 76.8 cm³/mol. The molecule has 1 aliphatic carbocycles. The maximum atomic E-state index is 12.0. The van der Waals surface area contributed by atoms with Gasteiger partial charge in [-0.2, -0.15) is 0 Å². The highest BCUT2D eigenvalue weighted by atomic mass is 32.2. The summed E-state index contributed by atoms with van der Waals surface area (Å²) >= 11 is 0. The van der Waals surface area contributed by atoms with E-state index in [1.54, 1.807) is 24.3 Å². The summed E-state index contributed by atoms with van der Waals surface area (Å²) in [5, 5.41) is 2.74. The zero-order valence-corrected chi connectivity index (χ0v) is 12.4. The number of hydrogen-bond donors (Lipinski definition) is 2. The van der Waals surface area contributed by atoms with Crippen molar-refractivity contribution in [3.05, 3.63) is 29.8 Å². The zero-order chi connectivity index (χ0) is 14.6. The van der Waals surface area contributed by atoms with Gasteiger partial charge in [-0.05, 0) is 43.9 Å². The average molecular weight is 296 g/mol. The first kappa shape index (κ1) is 15.0. The van der Waals surface area contributed by atoms with Crippen LogP contribution >= 0.6 is 0 Å². The minimum atomic E-state index is -3.38. The molecule has 6 heteroatoms. The lowest BCUT2D eigenvalue weighted by Gasteiger charge is -2.07. The lowest BCUT2D eigenvalue weighted by molar-refractivity contribution is -0.120. The van der Waals surface area contributed by atoms with Crippen LogP contribution in [0.3, 0.4) is 0 Å². The van der Waals surface area contributed by atoms with Crippen LogP contribution in [0.2, 0.25) is 0 Å². The van der Waals surface area contributed by atoms with Crippen molar-refractivity contribution in [1.82, 2.24) is 10.0 Å². The molecule has 1 saturated carbocycles. The Morgan fingerprint density at radius 1 is 1.25 bits per heavy atom. The highest BCUT2D eigenvalue weighted by Gasteiger charge is 2.27. The van der Waals surface area contributed by atoms with E-state index < -0.39 is 10.0 Å². The SMILES string of the molecule is CCNC(=O)CCc1ccc(S(=O)(=O)NC2CC2)cc1. The summed E-state index contributed by atoms with van der Waals surface area (Å²) < 4.78 is 26.6. The summed E-state index contributed by atoms with van der Waals surface area (Å²) in [6.07, 6.45) is 2.87. The molecule has 0 radical (unpaired) electrons. The van der Waals surface area contributed by atoms with Crippen LogP contribution in [-0.4, -0.2) is 26.9 Å². The van der Waals surface area contributed by atoms with Gasteiger partial charge in [-0.1, -0.05) is 12.1 Å². The normalized spacial score (nSPS) is 15.1. The van der Waals surface area contributed by atoms with Crippen molar-refractivity contribution < 1.29 is 13.2 Å². The van der Waals surface area contributed by atoms with E-state index in [1.807, 2.05) is 6.92 Å². The maximum absolute atomic E-state index is 12.0. The van der Waals surface area contributed by atoms with E-state index in [2.05, 4.69) is 10.0 Å². The molecule has 0 heterocycles. The van der Waals surface area contributed by atoms with Crippen LogP contribution in [0.15, 0.2) is 29.2 Å². The minimum absolute atomic E-state index is 0.0135. The van der Waals surface area contributed by atoms with Gasteiger partial charge in [0.25, 0.3) is 0 Å². The molecule has 0 aliphatic heterocycles. The summed E-state index contributed by atoms with van der Waals surface area (Å²) in [5.74, 6) is 0.0135. The van der Waals surface area contributed by atoms with Gasteiger partial charge in [0.2, 0.25) is 15.9 Å². The number of carbonyl (C=O) groups is 1. The largest absolute Gasteiger partial charge is 0.356 e. The molecule has 1 aromatic carbocycles. The number of hydrogen-bond acceptors (Lipinski definition) is 3. The van der Waals surface area contributed by atoms with Crippen molar-refractivity contribution in [2.75, 3.05) is 6.54 Å². The fraction of sp³-hybridized carbons (Fsp3) is 0.500. The molecule has 2 rings (SSSR count). The van der Waals surface area contributed by atoms with Crippen LogP contribution < -0.4 is 10.0 Å². The number of amides is 1. The predicted octanol–water partition coefficient (Wildman–Crippen LogP) is 1.20. The van der Waals surface area contributed by atoms with Gasteiger partial charge in [0.15, 0.2) is 0 Å². The van der Waals surface area contributed by atoms with Crippen molar-refractivity contribution in [3.63, 3.8) is 0 Å². The van der Waals surface area contributed by atoms with Crippen molar-refractivity contribution in [3.8, 4) is 0 Å². The summed E-state index contributed by atoms with van der Waals surface area (Å²) in [7, 11) is -3.38. The molecule has 2 N–H and O–H groups in total. The minimum Gasteiger partial charge on any atom is -0.356 e. The molecule has 0 atom stereocenters. The molecule has 0 bridgehead atoms. The van der Waals surface area contributed by atoms with Gasteiger partial charge in [0, 0.05) is 19.0 Å².